The van der Waals surface area contributed by atoms with E-state index in [1.807, 2.05) is 4.90 Å². The first-order valence-corrected chi connectivity index (χ1v) is 17.5. The van der Waals surface area contributed by atoms with Crippen molar-refractivity contribution in [3.05, 3.63) is 118 Å². The van der Waals surface area contributed by atoms with Crippen LogP contribution in [0.3, 0.4) is 0 Å². The highest BCUT2D eigenvalue weighted by Crippen LogP contribution is 2.39. The Morgan fingerprint density at radius 2 is 1.63 bits per heavy atom. The lowest BCUT2D eigenvalue weighted by molar-refractivity contribution is 0.0698. The number of fused-ring (bicyclic) bond motifs is 2. The summed E-state index contributed by atoms with van der Waals surface area (Å²) in [6.45, 7) is 10.8. The summed E-state index contributed by atoms with van der Waals surface area (Å²) < 4.78 is 7.31. The van der Waals surface area contributed by atoms with Crippen LogP contribution < -0.4 is 21.1 Å². The standard InChI is InChI=1S/C34H38Cl2N4O2Si/c1-23-17-31-28(21-39(23)33(41)24-15-16-29(35)30(36)18-24)32-20-37-19-25(40(32)38-31)22-42-43(34(2,3)4,26-11-7-5-8-12-26)27-13-9-6-10-14-27/h5-16,18,20,23,25,37-38H,17,19,21-22H2,1-4H3/t23-,25+/m1/s1. The van der Waals surface area contributed by atoms with Crippen LogP contribution in [-0.4, -0.2) is 55.9 Å². The second kappa shape index (κ2) is 11.7. The molecule has 43 heavy (non-hydrogen) atoms. The molecule has 0 fully saturated rings. The number of hydrogen-bond donors (Lipinski definition) is 2. The zero-order valence-electron chi connectivity index (χ0n) is 25.0. The molecule has 3 heterocycles. The van der Waals surface area contributed by atoms with Crippen molar-refractivity contribution in [2.45, 2.75) is 51.2 Å². The Kier molecular flexibility index (Phi) is 8.11. The van der Waals surface area contributed by atoms with Crippen molar-refractivity contribution in [2.75, 3.05) is 19.7 Å². The maximum atomic E-state index is 13.6. The summed E-state index contributed by atoms with van der Waals surface area (Å²) >= 11 is 12.4. The van der Waals surface area contributed by atoms with Gasteiger partial charge in [0.1, 0.15) is 0 Å². The molecule has 224 valence electrons. The molecule has 2 atom stereocenters. The second-order valence-electron chi connectivity index (χ2n) is 12.6. The summed E-state index contributed by atoms with van der Waals surface area (Å²) in [5.74, 6) is -0.0491. The minimum atomic E-state index is -2.69. The predicted molar refractivity (Wildman–Crippen MR) is 177 cm³/mol. The molecular weight excluding hydrogens is 595 g/mol. The summed E-state index contributed by atoms with van der Waals surface area (Å²) in [6, 6.07) is 26.7. The minimum absolute atomic E-state index is 0.0231. The second-order valence-corrected chi connectivity index (χ2v) is 17.7. The van der Waals surface area contributed by atoms with Crippen LogP contribution in [0.4, 0.5) is 0 Å². The summed E-state index contributed by atoms with van der Waals surface area (Å²) in [7, 11) is -2.69. The fourth-order valence-corrected chi connectivity index (χ4v) is 11.6. The maximum Gasteiger partial charge on any atom is 0.261 e. The Hall–Kier alpha value is -3.23. The van der Waals surface area contributed by atoms with Gasteiger partial charge >= 0.3 is 0 Å². The number of hydrogen-bond acceptors (Lipinski definition) is 5. The van der Waals surface area contributed by atoms with E-state index in [1.54, 1.807) is 18.2 Å². The van der Waals surface area contributed by atoms with Gasteiger partial charge in [-0.3, -0.25) is 9.80 Å². The summed E-state index contributed by atoms with van der Waals surface area (Å²) in [5.41, 5.74) is 7.61. The molecule has 0 saturated heterocycles. The van der Waals surface area contributed by atoms with Gasteiger partial charge in [0.05, 0.1) is 34.9 Å². The van der Waals surface area contributed by atoms with Gasteiger partial charge < -0.3 is 20.1 Å². The van der Waals surface area contributed by atoms with Crippen LogP contribution in [0.5, 0.6) is 0 Å². The van der Waals surface area contributed by atoms with Crippen molar-refractivity contribution < 1.29 is 9.22 Å². The topological polar surface area (TPSA) is 56.8 Å². The molecule has 0 aromatic heterocycles. The van der Waals surface area contributed by atoms with Gasteiger partial charge in [-0.05, 0) is 40.5 Å². The molecule has 0 spiro atoms. The lowest BCUT2D eigenvalue weighted by Gasteiger charge is -2.45. The van der Waals surface area contributed by atoms with Crippen molar-refractivity contribution >= 4 is 47.8 Å². The number of carbonyl (C=O) groups is 1. The normalized spacial score (nSPS) is 20.2. The summed E-state index contributed by atoms with van der Waals surface area (Å²) in [6.07, 6.45) is 2.80. The summed E-state index contributed by atoms with van der Waals surface area (Å²) in [5, 5.41) is 9.02. The van der Waals surface area contributed by atoms with Crippen LogP contribution in [0.1, 0.15) is 44.5 Å². The molecular formula is C34H38Cl2N4O2Si. The number of halogens is 2. The molecule has 0 aliphatic carbocycles. The largest absolute Gasteiger partial charge is 0.405 e. The van der Waals surface area contributed by atoms with E-state index in [0.717, 1.165) is 29.9 Å². The average Bonchev–Trinajstić information content (AvgIpc) is 3.36. The lowest BCUT2D eigenvalue weighted by atomic mass is 9.98. The highest BCUT2D eigenvalue weighted by atomic mass is 35.5. The SMILES string of the molecule is C[C@@H]1CC2=C(CN1C(=O)c1ccc(Cl)c(Cl)c1)C1=CNC[C@@H](CO[Si](c3ccccc3)(c3ccccc3)C(C)(C)C)N1N2. The fraction of sp³-hybridized carbons (Fsp3) is 0.324. The van der Waals surface area contributed by atoms with Crippen molar-refractivity contribution in [3.8, 4) is 0 Å². The van der Waals surface area contributed by atoms with Crippen molar-refractivity contribution in [2.24, 2.45) is 0 Å². The molecule has 9 heteroatoms. The monoisotopic (exact) mass is 632 g/mol. The molecule has 3 aliphatic rings. The van der Waals surface area contributed by atoms with E-state index >= 15 is 0 Å². The quantitative estimate of drug-likeness (QED) is 0.342. The van der Waals surface area contributed by atoms with Crippen molar-refractivity contribution in [1.29, 1.82) is 0 Å². The third-order valence-electron chi connectivity index (χ3n) is 8.84. The number of carbonyl (C=O) groups excluding carboxylic acids is 1. The van der Waals surface area contributed by atoms with E-state index in [0.29, 0.717) is 28.8 Å². The van der Waals surface area contributed by atoms with E-state index in [4.69, 9.17) is 27.6 Å². The van der Waals surface area contributed by atoms with Crippen LogP contribution >= 0.6 is 23.2 Å². The van der Waals surface area contributed by atoms with Gasteiger partial charge in [-0.1, -0.05) is 105 Å². The Morgan fingerprint density at radius 3 is 2.23 bits per heavy atom. The Labute approximate surface area is 265 Å². The van der Waals surface area contributed by atoms with Gasteiger partial charge in [0.25, 0.3) is 14.2 Å². The van der Waals surface area contributed by atoms with Crippen molar-refractivity contribution in [1.82, 2.24) is 20.7 Å². The highest BCUT2D eigenvalue weighted by Gasteiger charge is 2.51. The molecule has 1 amide bonds. The van der Waals surface area contributed by atoms with Gasteiger partial charge in [-0.15, -0.1) is 0 Å². The van der Waals surface area contributed by atoms with Crippen molar-refractivity contribution in [3.63, 3.8) is 0 Å². The zero-order chi connectivity index (χ0) is 30.4. The summed E-state index contributed by atoms with van der Waals surface area (Å²) in [4.78, 5) is 15.5. The minimum Gasteiger partial charge on any atom is -0.405 e. The first-order chi connectivity index (χ1) is 20.6. The number of nitrogens with one attached hydrogen (secondary N) is 2. The smallest absolute Gasteiger partial charge is 0.261 e. The Balaban J connectivity index is 1.25. The third-order valence-corrected chi connectivity index (χ3v) is 14.6. The van der Waals surface area contributed by atoms with Gasteiger partial charge in [-0.25, -0.2) is 0 Å². The number of nitrogens with zero attached hydrogens (tertiary/aromatic N) is 2. The Morgan fingerprint density at radius 1 is 0.977 bits per heavy atom. The van der Waals surface area contributed by atoms with Gasteiger partial charge in [-0.2, -0.15) is 0 Å². The molecule has 0 saturated carbocycles. The number of amides is 1. The molecule has 0 radical (unpaired) electrons. The van der Waals surface area contributed by atoms with E-state index in [1.165, 1.54) is 10.4 Å². The Bertz CT molecular complexity index is 1530. The molecule has 6 nitrogen and oxygen atoms in total. The number of rotatable bonds is 6. The van der Waals surface area contributed by atoms with E-state index in [2.05, 4.69) is 110 Å². The number of hydrazine groups is 1. The molecule has 3 aromatic rings. The van der Waals surface area contributed by atoms with Crippen LogP contribution in [-0.2, 0) is 4.43 Å². The fourth-order valence-electron chi connectivity index (χ4n) is 6.66. The lowest BCUT2D eigenvalue weighted by Crippen LogP contribution is -2.68. The zero-order valence-corrected chi connectivity index (χ0v) is 27.5. The first kappa shape index (κ1) is 29.8. The predicted octanol–water partition coefficient (Wildman–Crippen LogP) is 5.69. The first-order valence-electron chi connectivity index (χ1n) is 14.8. The van der Waals surface area contributed by atoms with E-state index in [9.17, 15) is 4.79 Å². The van der Waals surface area contributed by atoms with Crippen LogP contribution in [0.15, 0.2) is 102 Å². The number of benzene rings is 3. The van der Waals surface area contributed by atoms with E-state index in [-0.39, 0.29) is 23.0 Å². The molecule has 0 unspecified atom stereocenters. The van der Waals surface area contributed by atoms with E-state index < -0.39 is 8.32 Å². The molecule has 6 rings (SSSR count). The highest BCUT2D eigenvalue weighted by molar-refractivity contribution is 6.99. The maximum absolute atomic E-state index is 13.6. The molecule has 3 aromatic carbocycles. The van der Waals surface area contributed by atoms with Crippen LogP contribution in [0.2, 0.25) is 15.1 Å². The molecule has 3 aliphatic heterocycles. The van der Waals surface area contributed by atoms with Gasteiger partial charge in [0.2, 0.25) is 0 Å². The van der Waals surface area contributed by atoms with Gasteiger partial charge in [0.15, 0.2) is 0 Å². The van der Waals surface area contributed by atoms with Crippen LogP contribution in [0, 0.1) is 0 Å². The van der Waals surface area contributed by atoms with Crippen LogP contribution in [0.25, 0.3) is 0 Å². The average molecular weight is 634 g/mol. The molecule has 0 bridgehead atoms. The molecule has 2 N–H and O–H groups in total. The van der Waals surface area contributed by atoms with Gasteiger partial charge in [0, 0.05) is 42.0 Å². The third kappa shape index (κ3) is 5.37.